The largest absolute Gasteiger partial charge is 0.486 e. The average Bonchev–Trinajstić information content (AvgIpc) is 2.32. The molecule has 2 N–H and O–H groups in total. The minimum absolute atomic E-state index is 0.0911. The molecule has 0 aliphatic heterocycles. The summed E-state index contributed by atoms with van der Waals surface area (Å²) in [4.78, 5) is 0. The van der Waals surface area contributed by atoms with Gasteiger partial charge in [-0.05, 0) is 30.3 Å². The second kappa shape index (κ2) is 5.00. The summed E-state index contributed by atoms with van der Waals surface area (Å²) >= 11 is 0. The highest BCUT2D eigenvalue weighted by atomic mass is 19.1. The van der Waals surface area contributed by atoms with Crippen molar-refractivity contribution in [2.75, 3.05) is 5.73 Å². The Bertz CT molecular complexity index is 572. The van der Waals surface area contributed by atoms with Crippen LogP contribution in [0, 0.1) is 17.5 Å². The van der Waals surface area contributed by atoms with E-state index in [-0.39, 0.29) is 12.4 Å². The van der Waals surface area contributed by atoms with Crippen LogP contribution in [0.25, 0.3) is 0 Å². The van der Waals surface area contributed by atoms with Gasteiger partial charge in [-0.2, -0.15) is 0 Å². The first-order valence-electron chi connectivity index (χ1n) is 5.18. The summed E-state index contributed by atoms with van der Waals surface area (Å²) in [5, 5.41) is 0. The first-order valence-corrected chi connectivity index (χ1v) is 5.18. The van der Waals surface area contributed by atoms with E-state index in [0.717, 1.165) is 6.07 Å². The molecule has 0 bridgehead atoms. The van der Waals surface area contributed by atoms with E-state index in [4.69, 9.17) is 10.5 Å². The SMILES string of the molecule is Nc1ccc(F)cc1COc1ccc(F)cc1F. The molecule has 0 spiro atoms. The zero-order valence-corrected chi connectivity index (χ0v) is 9.29. The maximum Gasteiger partial charge on any atom is 0.167 e. The lowest BCUT2D eigenvalue weighted by atomic mass is 10.2. The molecule has 0 atom stereocenters. The van der Waals surface area contributed by atoms with Gasteiger partial charge < -0.3 is 10.5 Å². The fourth-order valence-electron chi connectivity index (χ4n) is 1.45. The summed E-state index contributed by atoms with van der Waals surface area (Å²) in [5.41, 5.74) is 6.36. The molecule has 0 saturated heterocycles. The Kier molecular flexibility index (Phi) is 3.41. The molecule has 0 radical (unpaired) electrons. The van der Waals surface area contributed by atoms with Crippen LogP contribution in [0.1, 0.15) is 5.56 Å². The summed E-state index contributed by atoms with van der Waals surface area (Å²) in [5.74, 6) is -2.07. The Labute approximate surface area is 102 Å². The molecule has 18 heavy (non-hydrogen) atoms. The standard InChI is InChI=1S/C13H10F3NO/c14-9-1-3-12(17)8(5-9)7-18-13-4-2-10(15)6-11(13)16/h1-6H,7,17H2. The lowest BCUT2D eigenvalue weighted by Crippen LogP contribution is -2.02. The third-order valence-corrected chi connectivity index (χ3v) is 2.38. The maximum absolute atomic E-state index is 13.3. The van der Waals surface area contributed by atoms with E-state index in [1.165, 1.54) is 24.3 Å². The van der Waals surface area contributed by atoms with Crippen LogP contribution in [0.3, 0.4) is 0 Å². The van der Waals surface area contributed by atoms with Gasteiger partial charge in [-0.25, -0.2) is 13.2 Å². The minimum atomic E-state index is -0.815. The molecule has 94 valence electrons. The topological polar surface area (TPSA) is 35.2 Å². The fourth-order valence-corrected chi connectivity index (χ4v) is 1.45. The minimum Gasteiger partial charge on any atom is -0.486 e. The highest BCUT2D eigenvalue weighted by molar-refractivity contribution is 5.46. The van der Waals surface area contributed by atoms with Crippen LogP contribution in [-0.4, -0.2) is 0 Å². The molecule has 0 heterocycles. The van der Waals surface area contributed by atoms with Gasteiger partial charge in [-0.1, -0.05) is 0 Å². The monoisotopic (exact) mass is 253 g/mol. The second-order valence-electron chi connectivity index (χ2n) is 3.71. The molecule has 2 rings (SSSR count). The number of rotatable bonds is 3. The zero-order valence-electron chi connectivity index (χ0n) is 9.29. The van der Waals surface area contributed by atoms with Crippen molar-refractivity contribution in [1.29, 1.82) is 0 Å². The van der Waals surface area contributed by atoms with Gasteiger partial charge in [0.25, 0.3) is 0 Å². The van der Waals surface area contributed by atoms with Gasteiger partial charge >= 0.3 is 0 Å². The molecular weight excluding hydrogens is 243 g/mol. The molecule has 0 aromatic heterocycles. The van der Waals surface area contributed by atoms with Crippen molar-refractivity contribution in [3.8, 4) is 5.75 Å². The average molecular weight is 253 g/mol. The normalized spacial score (nSPS) is 10.4. The number of hydrogen-bond acceptors (Lipinski definition) is 2. The Hall–Kier alpha value is -2.17. The van der Waals surface area contributed by atoms with Crippen LogP contribution >= 0.6 is 0 Å². The van der Waals surface area contributed by atoms with Gasteiger partial charge in [-0.3, -0.25) is 0 Å². The van der Waals surface area contributed by atoms with Gasteiger partial charge in [0, 0.05) is 17.3 Å². The van der Waals surface area contributed by atoms with Crippen molar-refractivity contribution in [3.63, 3.8) is 0 Å². The van der Waals surface area contributed by atoms with Crippen molar-refractivity contribution < 1.29 is 17.9 Å². The van der Waals surface area contributed by atoms with Gasteiger partial charge in [0.2, 0.25) is 0 Å². The van der Waals surface area contributed by atoms with Crippen LogP contribution in [-0.2, 0) is 6.61 Å². The molecule has 0 aliphatic carbocycles. The van der Waals surface area contributed by atoms with E-state index >= 15 is 0 Å². The summed E-state index contributed by atoms with van der Waals surface area (Å²) in [6, 6.07) is 6.78. The third kappa shape index (κ3) is 2.74. The maximum atomic E-state index is 13.3. The predicted octanol–water partition coefficient (Wildman–Crippen LogP) is 3.27. The fraction of sp³-hybridized carbons (Fsp3) is 0.0769. The summed E-state index contributed by atoms with van der Waals surface area (Å²) in [7, 11) is 0. The van der Waals surface area contributed by atoms with Gasteiger partial charge in [0.1, 0.15) is 18.2 Å². The molecule has 2 nitrogen and oxygen atoms in total. The third-order valence-electron chi connectivity index (χ3n) is 2.38. The second-order valence-corrected chi connectivity index (χ2v) is 3.71. The number of halogens is 3. The lowest BCUT2D eigenvalue weighted by Gasteiger charge is -2.09. The Morgan fingerprint density at radius 1 is 0.944 bits per heavy atom. The van der Waals surface area contributed by atoms with Crippen LogP contribution in [0.15, 0.2) is 36.4 Å². The smallest absolute Gasteiger partial charge is 0.167 e. The first-order chi connectivity index (χ1) is 8.56. The van der Waals surface area contributed by atoms with Crippen LogP contribution in [0.4, 0.5) is 18.9 Å². The van der Waals surface area contributed by atoms with Crippen molar-refractivity contribution in [2.24, 2.45) is 0 Å². The van der Waals surface area contributed by atoms with E-state index in [1.807, 2.05) is 0 Å². The number of ether oxygens (including phenoxy) is 1. The van der Waals surface area contributed by atoms with Crippen molar-refractivity contribution in [1.82, 2.24) is 0 Å². The summed E-state index contributed by atoms with van der Waals surface area (Å²) < 4.78 is 44.0. The molecule has 2 aromatic rings. The first kappa shape index (κ1) is 12.3. The molecule has 0 fully saturated rings. The zero-order chi connectivity index (χ0) is 13.1. The van der Waals surface area contributed by atoms with Crippen LogP contribution in [0.5, 0.6) is 5.75 Å². The number of hydrogen-bond donors (Lipinski definition) is 1. The highest BCUT2D eigenvalue weighted by Gasteiger charge is 2.07. The quantitative estimate of drug-likeness (QED) is 0.852. The van der Waals surface area contributed by atoms with E-state index in [1.54, 1.807) is 0 Å². The van der Waals surface area contributed by atoms with Crippen molar-refractivity contribution in [2.45, 2.75) is 6.61 Å². The molecule has 5 heteroatoms. The van der Waals surface area contributed by atoms with Gasteiger partial charge in [-0.15, -0.1) is 0 Å². The van der Waals surface area contributed by atoms with Gasteiger partial charge in [0.05, 0.1) is 0 Å². The van der Waals surface area contributed by atoms with Crippen molar-refractivity contribution in [3.05, 3.63) is 59.4 Å². The molecule has 2 aromatic carbocycles. The predicted molar refractivity (Wildman–Crippen MR) is 61.5 cm³/mol. The molecule has 0 aliphatic rings. The van der Waals surface area contributed by atoms with E-state index in [9.17, 15) is 13.2 Å². The summed E-state index contributed by atoms with van der Waals surface area (Å²) in [6.07, 6.45) is 0. The number of nitrogen functional groups attached to an aromatic ring is 1. The van der Waals surface area contributed by atoms with Crippen LogP contribution in [0.2, 0.25) is 0 Å². The Balaban J connectivity index is 2.13. The Morgan fingerprint density at radius 3 is 2.33 bits per heavy atom. The van der Waals surface area contributed by atoms with Crippen molar-refractivity contribution >= 4 is 5.69 Å². The van der Waals surface area contributed by atoms with Crippen LogP contribution < -0.4 is 10.5 Å². The summed E-state index contributed by atoms with van der Waals surface area (Å²) in [6.45, 7) is -0.0911. The van der Waals surface area contributed by atoms with Gasteiger partial charge in [0.15, 0.2) is 11.6 Å². The van der Waals surface area contributed by atoms with E-state index in [2.05, 4.69) is 0 Å². The van der Waals surface area contributed by atoms with E-state index in [0.29, 0.717) is 17.3 Å². The van der Waals surface area contributed by atoms with E-state index < -0.39 is 17.5 Å². The number of nitrogens with two attached hydrogens (primary N) is 1. The molecular formula is C13H10F3NO. The number of anilines is 1. The number of benzene rings is 2. The highest BCUT2D eigenvalue weighted by Crippen LogP contribution is 2.21. The lowest BCUT2D eigenvalue weighted by molar-refractivity contribution is 0.289. The Morgan fingerprint density at radius 2 is 1.61 bits per heavy atom. The molecule has 0 saturated carbocycles. The molecule has 0 amide bonds. The molecule has 0 unspecified atom stereocenters.